The first kappa shape index (κ1) is 19.5. The molecule has 0 saturated heterocycles. The number of carbonyl (C=O) groups is 1. The molecule has 2 N–H and O–H groups in total. The van der Waals surface area contributed by atoms with Gasteiger partial charge in [0.05, 0.1) is 23.3 Å². The molecule has 0 radical (unpaired) electrons. The normalized spacial score (nSPS) is 20.5. The van der Waals surface area contributed by atoms with Crippen LogP contribution in [-0.4, -0.2) is 34.2 Å². The number of hydrogen-bond acceptors (Lipinski definition) is 4. The number of hydrogen-bond donors (Lipinski definition) is 2. The zero-order valence-electron chi connectivity index (χ0n) is 16.1. The highest BCUT2D eigenvalue weighted by molar-refractivity contribution is 5.97. The number of ether oxygens (including phenoxy) is 1. The van der Waals surface area contributed by atoms with Crippen LogP contribution in [0, 0.1) is 11.7 Å². The predicted octanol–water partition coefficient (Wildman–Crippen LogP) is 3.83. The van der Waals surface area contributed by atoms with Crippen LogP contribution in [0.2, 0.25) is 0 Å². The lowest BCUT2D eigenvalue weighted by atomic mass is 9.77. The molecule has 1 aromatic carbocycles. The average Bonchev–Trinajstić information content (AvgIpc) is 2.62. The largest absolute Gasteiger partial charge is 0.491 e. The van der Waals surface area contributed by atoms with Crippen LogP contribution in [-0.2, 0) is 0 Å². The number of aromatic nitrogens is 1. The number of pyridine rings is 1. The molecular formula is C21H27FN2O3. The third kappa shape index (κ3) is 4.56. The minimum Gasteiger partial charge on any atom is -0.491 e. The molecule has 1 aliphatic rings. The van der Waals surface area contributed by atoms with Gasteiger partial charge in [0.2, 0.25) is 0 Å². The van der Waals surface area contributed by atoms with Gasteiger partial charge in [0.1, 0.15) is 0 Å². The maximum atomic E-state index is 14.1. The molecule has 2 aromatic rings. The minimum absolute atomic E-state index is 0.0869. The van der Waals surface area contributed by atoms with Crippen molar-refractivity contribution in [2.75, 3.05) is 6.61 Å². The molecule has 1 fully saturated rings. The van der Waals surface area contributed by atoms with Gasteiger partial charge in [0, 0.05) is 23.7 Å². The molecule has 1 saturated carbocycles. The lowest BCUT2D eigenvalue weighted by Gasteiger charge is -2.36. The molecule has 1 aliphatic carbocycles. The number of halogens is 1. The molecular weight excluding hydrogens is 347 g/mol. The fourth-order valence-electron chi connectivity index (χ4n) is 3.73. The number of rotatable bonds is 5. The third-order valence-corrected chi connectivity index (χ3v) is 5.36. The van der Waals surface area contributed by atoms with Gasteiger partial charge < -0.3 is 15.2 Å². The van der Waals surface area contributed by atoms with Gasteiger partial charge in [-0.2, -0.15) is 0 Å². The van der Waals surface area contributed by atoms with Gasteiger partial charge in [0.25, 0.3) is 5.91 Å². The van der Waals surface area contributed by atoms with Crippen molar-refractivity contribution in [2.24, 2.45) is 5.92 Å². The van der Waals surface area contributed by atoms with Crippen LogP contribution in [0.5, 0.6) is 5.75 Å². The van der Waals surface area contributed by atoms with E-state index in [-0.39, 0.29) is 23.6 Å². The second-order valence-electron chi connectivity index (χ2n) is 7.81. The Hall–Kier alpha value is -2.21. The third-order valence-electron chi connectivity index (χ3n) is 5.36. The van der Waals surface area contributed by atoms with Gasteiger partial charge in [-0.1, -0.05) is 0 Å². The molecule has 1 heterocycles. The van der Waals surface area contributed by atoms with Crippen molar-refractivity contribution in [1.82, 2.24) is 10.3 Å². The van der Waals surface area contributed by atoms with E-state index in [1.54, 1.807) is 19.1 Å². The predicted molar refractivity (Wildman–Crippen MR) is 102 cm³/mol. The van der Waals surface area contributed by atoms with Crippen molar-refractivity contribution in [3.8, 4) is 5.75 Å². The standard InChI is InChI=1S/C21H27FN2O3/c1-4-27-19-11-18-13(10-17(19)22)9-14(12-23-18)20(25)24-16-7-5-15(6-8-16)21(2,3)26/h9-12,15-16,26H,4-8H2,1-3H3,(H,24,25). The van der Waals surface area contributed by atoms with Gasteiger partial charge in [-0.3, -0.25) is 9.78 Å². The van der Waals surface area contributed by atoms with E-state index in [4.69, 9.17) is 4.74 Å². The molecule has 0 unspecified atom stereocenters. The smallest absolute Gasteiger partial charge is 0.253 e. The Morgan fingerprint density at radius 2 is 2.00 bits per heavy atom. The zero-order valence-corrected chi connectivity index (χ0v) is 16.1. The summed E-state index contributed by atoms with van der Waals surface area (Å²) in [4.78, 5) is 16.9. The van der Waals surface area contributed by atoms with Crippen molar-refractivity contribution in [1.29, 1.82) is 0 Å². The fourth-order valence-corrected chi connectivity index (χ4v) is 3.73. The summed E-state index contributed by atoms with van der Waals surface area (Å²) in [7, 11) is 0. The second kappa shape index (κ2) is 7.80. The van der Waals surface area contributed by atoms with Gasteiger partial charge in [-0.25, -0.2) is 4.39 Å². The summed E-state index contributed by atoms with van der Waals surface area (Å²) in [5, 5.41) is 13.7. The van der Waals surface area contributed by atoms with Crippen molar-refractivity contribution in [2.45, 2.75) is 58.1 Å². The summed E-state index contributed by atoms with van der Waals surface area (Å²) in [5.74, 6) is -0.243. The van der Waals surface area contributed by atoms with E-state index in [1.807, 2.05) is 13.8 Å². The van der Waals surface area contributed by atoms with Gasteiger partial charge >= 0.3 is 0 Å². The molecule has 3 rings (SSSR count). The summed E-state index contributed by atoms with van der Waals surface area (Å²) >= 11 is 0. The number of nitrogens with one attached hydrogen (secondary N) is 1. The molecule has 0 bridgehead atoms. The Bertz CT molecular complexity index is 824. The lowest BCUT2D eigenvalue weighted by Crippen LogP contribution is -2.41. The van der Waals surface area contributed by atoms with E-state index in [1.165, 1.54) is 12.3 Å². The quantitative estimate of drug-likeness (QED) is 0.834. The van der Waals surface area contributed by atoms with Crippen molar-refractivity contribution in [3.63, 3.8) is 0 Å². The van der Waals surface area contributed by atoms with Gasteiger partial charge in [-0.15, -0.1) is 0 Å². The van der Waals surface area contributed by atoms with Gasteiger partial charge in [0.15, 0.2) is 11.6 Å². The van der Waals surface area contributed by atoms with Gasteiger partial charge in [-0.05, 0) is 64.5 Å². The summed E-state index contributed by atoms with van der Waals surface area (Å²) in [6.07, 6.45) is 4.96. The summed E-state index contributed by atoms with van der Waals surface area (Å²) in [5.41, 5.74) is 0.319. The van der Waals surface area contributed by atoms with Crippen LogP contribution in [0.1, 0.15) is 56.8 Å². The Kier molecular flexibility index (Phi) is 5.65. The average molecular weight is 374 g/mol. The molecule has 0 aliphatic heterocycles. The Morgan fingerprint density at radius 3 is 2.63 bits per heavy atom. The number of amides is 1. The number of aliphatic hydroxyl groups is 1. The van der Waals surface area contributed by atoms with E-state index >= 15 is 0 Å². The molecule has 0 spiro atoms. The van der Waals surface area contributed by atoms with Crippen LogP contribution in [0.25, 0.3) is 10.9 Å². The fraction of sp³-hybridized carbons (Fsp3) is 0.524. The second-order valence-corrected chi connectivity index (χ2v) is 7.81. The molecule has 0 atom stereocenters. The first-order valence-corrected chi connectivity index (χ1v) is 9.53. The molecule has 27 heavy (non-hydrogen) atoms. The minimum atomic E-state index is -0.679. The molecule has 6 heteroatoms. The highest BCUT2D eigenvalue weighted by Gasteiger charge is 2.31. The van der Waals surface area contributed by atoms with E-state index in [0.717, 1.165) is 25.7 Å². The lowest BCUT2D eigenvalue weighted by molar-refractivity contribution is -0.00257. The number of benzene rings is 1. The van der Waals surface area contributed by atoms with E-state index < -0.39 is 11.4 Å². The highest BCUT2D eigenvalue weighted by atomic mass is 19.1. The zero-order chi connectivity index (χ0) is 19.6. The number of fused-ring (bicyclic) bond motifs is 1. The summed E-state index contributed by atoms with van der Waals surface area (Å²) in [6.45, 7) is 5.85. The van der Waals surface area contributed by atoms with Crippen molar-refractivity contribution >= 4 is 16.8 Å². The Labute approximate surface area is 158 Å². The molecule has 1 aromatic heterocycles. The maximum absolute atomic E-state index is 14.1. The van der Waals surface area contributed by atoms with Crippen LogP contribution in [0.15, 0.2) is 24.4 Å². The van der Waals surface area contributed by atoms with E-state index in [9.17, 15) is 14.3 Å². The Morgan fingerprint density at radius 1 is 1.30 bits per heavy atom. The summed E-state index contributed by atoms with van der Waals surface area (Å²) in [6, 6.07) is 4.63. The first-order chi connectivity index (χ1) is 12.8. The van der Waals surface area contributed by atoms with Crippen LogP contribution < -0.4 is 10.1 Å². The van der Waals surface area contributed by atoms with Crippen LogP contribution in [0.4, 0.5) is 4.39 Å². The van der Waals surface area contributed by atoms with Crippen LogP contribution in [0.3, 0.4) is 0 Å². The maximum Gasteiger partial charge on any atom is 0.253 e. The number of carbonyl (C=O) groups excluding carboxylic acids is 1. The SMILES string of the molecule is CCOc1cc2ncc(C(=O)NC3CCC(C(C)(C)O)CC3)cc2cc1F. The topological polar surface area (TPSA) is 71.5 Å². The first-order valence-electron chi connectivity index (χ1n) is 9.53. The monoisotopic (exact) mass is 374 g/mol. The summed E-state index contributed by atoms with van der Waals surface area (Å²) < 4.78 is 19.3. The van der Waals surface area contributed by atoms with E-state index in [2.05, 4.69) is 10.3 Å². The number of nitrogens with zero attached hydrogens (tertiary/aromatic N) is 1. The van der Waals surface area contributed by atoms with Crippen molar-refractivity contribution < 1.29 is 19.0 Å². The molecule has 146 valence electrons. The Balaban J connectivity index is 1.68. The van der Waals surface area contributed by atoms with Crippen molar-refractivity contribution in [3.05, 3.63) is 35.8 Å². The van der Waals surface area contributed by atoms with E-state index in [0.29, 0.717) is 23.1 Å². The van der Waals surface area contributed by atoms with Crippen LogP contribution >= 0.6 is 0 Å². The molecule has 1 amide bonds. The molecule has 5 nitrogen and oxygen atoms in total. The highest BCUT2D eigenvalue weighted by Crippen LogP contribution is 2.32.